The van der Waals surface area contributed by atoms with Crippen molar-refractivity contribution in [2.24, 2.45) is 20.5 Å². The lowest BCUT2D eigenvalue weighted by Crippen LogP contribution is -2.32. The van der Waals surface area contributed by atoms with E-state index < -0.39 is 37.8 Å². The van der Waals surface area contributed by atoms with Crippen molar-refractivity contribution in [1.29, 1.82) is 0 Å². The molecule has 0 saturated carbocycles. The Hall–Kier alpha value is -6.67. The predicted molar refractivity (Wildman–Crippen MR) is 219 cm³/mol. The van der Waals surface area contributed by atoms with Crippen LogP contribution in [0.1, 0.15) is 34.3 Å². The molecule has 1 aliphatic heterocycles. The van der Waals surface area contributed by atoms with Crippen LogP contribution in [0.15, 0.2) is 146 Å². The molecule has 304 valence electrons. The van der Waals surface area contributed by atoms with E-state index in [0.29, 0.717) is 27.8 Å². The lowest BCUT2D eigenvalue weighted by molar-refractivity contribution is -0.172. The van der Waals surface area contributed by atoms with Gasteiger partial charge in [0.1, 0.15) is 0 Å². The highest BCUT2D eigenvalue weighted by Crippen LogP contribution is 2.25. The van der Waals surface area contributed by atoms with Crippen molar-refractivity contribution < 1.29 is 36.1 Å². The molecule has 2 amide bonds. The Kier molecular flexibility index (Phi) is 13.0. The van der Waals surface area contributed by atoms with Gasteiger partial charge < -0.3 is 15.1 Å². The molecule has 0 aliphatic carbocycles. The van der Waals surface area contributed by atoms with Crippen LogP contribution in [0.2, 0.25) is 0 Å². The fourth-order valence-electron chi connectivity index (χ4n) is 5.53. The first-order valence-corrected chi connectivity index (χ1v) is 20.9. The van der Waals surface area contributed by atoms with Crippen LogP contribution in [0.5, 0.6) is 0 Å². The van der Waals surface area contributed by atoms with Crippen LogP contribution in [0.25, 0.3) is 0 Å². The van der Waals surface area contributed by atoms with Crippen LogP contribution in [-0.2, 0) is 47.6 Å². The van der Waals surface area contributed by atoms with Gasteiger partial charge in [-0.25, -0.2) is 31.1 Å². The number of carbonyl (C=O) groups is 3. The zero-order chi connectivity index (χ0) is 42.2. The molecule has 1 aliphatic rings. The van der Waals surface area contributed by atoms with Crippen molar-refractivity contribution in [1.82, 2.24) is 14.5 Å². The van der Waals surface area contributed by atoms with Crippen molar-refractivity contribution in [2.75, 3.05) is 31.4 Å². The fraction of sp³-hybridized carbons (Fsp3) is 0.175. The second-order valence-electron chi connectivity index (χ2n) is 13.2. The molecule has 0 bridgehead atoms. The molecule has 3 N–H and O–H groups in total. The number of nitrogens with zero attached hydrogens (tertiary/aromatic N) is 6. The maximum atomic E-state index is 13.3. The summed E-state index contributed by atoms with van der Waals surface area (Å²) in [6, 6.07) is 30.2. The number of nitrogens with one attached hydrogen (secondary N) is 3. The Balaban J connectivity index is 1.15. The van der Waals surface area contributed by atoms with Crippen molar-refractivity contribution in [3.05, 3.63) is 132 Å². The SMILES string of the molecule is CNc1ccc(/N=N/c2ccc(S(=O)(=O)NCc3cc(CNS(=O)(=O)c4ccc(/N=N/c5ccc(N(C)C)cc5)cc4)cc(C(=O)ON4C(=O)CCC4=O)c3)cc2)cc1. The fourth-order valence-corrected chi connectivity index (χ4v) is 7.56. The molecule has 17 nitrogen and oxygen atoms in total. The summed E-state index contributed by atoms with van der Waals surface area (Å²) in [6.07, 6.45) is -0.242. The Morgan fingerprint density at radius 3 is 1.41 bits per heavy atom. The summed E-state index contributed by atoms with van der Waals surface area (Å²) in [4.78, 5) is 44.3. The van der Waals surface area contributed by atoms with E-state index in [1.165, 1.54) is 66.7 Å². The number of carbonyl (C=O) groups excluding carboxylic acids is 3. The second kappa shape index (κ2) is 18.3. The molecule has 0 spiro atoms. The number of azo groups is 2. The number of anilines is 2. The van der Waals surface area contributed by atoms with Gasteiger partial charge in [-0.05, 0) is 120 Å². The van der Waals surface area contributed by atoms with E-state index >= 15 is 0 Å². The van der Waals surface area contributed by atoms with Crippen LogP contribution in [-0.4, -0.2) is 60.8 Å². The first kappa shape index (κ1) is 41.9. The molecular formula is C40H39N9O8S2. The number of benzene rings is 5. The second-order valence-corrected chi connectivity index (χ2v) is 16.8. The molecular weight excluding hydrogens is 799 g/mol. The zero-order valence-electron chi connectivity index (χ0n) is 32.1. The number of sulfonamides is 2. The van der Waals surface area contributed by atoms with Crippen LogP contribution in [0, 0.1) is 0 Å². The molecule has 1 heterocycles. The van der Waals surface area contributed by atoms with Gasteiger partial charge in [-0.1, -0.05) is 6.07 Å². The summed E-state index contributed by atoms with van der Waals surface area (Å²) in [6.45, 7) is -0.657. The third kappa shape index (κ3) is 11.0. The number of amides is 2. The highest BCUT2D eigenvalue weighted by molar-refractivity contribution is 7.89. The van der Waals surface area contributed by atoms with Gasteiger partial charge in [-0.2, -0.15) is 20.5 Å². The first-order chi connectivity index (χ1) is 28.2. The number of imide groups is 1. The van der Waals surface area contributed by atoms with Crippen LogP contribution >= 0.6 is 0 Å². The maximum absolute atomic E-state index is 13.3. The molecule has 5 aromatic carbocycles. The van der Waals surface area contributed by atoms with Crippen molar-refractivity contribution >= 4 is 72.0 Å². The molecule has 59 heavy (non-hydrogen) atoms. The summed E-state index contributed by atoms with van der Waals surface area (Å²) in [5.41, 5.74) is 4.30. The van der Waals surface area contributed by atoms with E-state index in [0.717, 1.165) is 11.4 Å². The molecule has 0 atom stereocenters. The number of rotatable bonds is 16. The van der Waals surface area contributed by atoms with Gasteiger partial charge in [-0.15, -0.1) is 5.06 Å². The number of hydrogen-bond donors (Lipinski definition) is 3. The van der Waals surface area contributed by atoms with Gasteiger partial charge in [0.25, 0.3) is 11.8 Å². The number of hydrogen-bond acceptors (Lipinski definition) is 14. The zero-order valence-corrected chi connectivity index (χ0v) is 33.7. The summed E-state index contributed by atoms with van der Waals surface area (Å²) in [7, 11) is -2.55. The van der Waals surface area contributed by atoms with Crippen molar-refractivity contribution in [3.8, 4) is 0 Å². The van der Waals surface area contributed by atoms with Gasteiger partial charge >= 0.3 is 5.97 Å². The van der Waals surface area contributed by atoms with E-state index in [1.807, 2.05) is 55.4 Å². The average molecular weight is 838 g/mol. The van der Waals surface area contributed by atoms with E-state index in [9.17, 15) is 31.2 Å². The van der Waals surface area contributed by atoms with Gasteiger partial charge in [0.05, 0.1) is 38.1 Å². The molecule has 5 aromatic rings. The first-order valence-electron chi connectivity index (χ1n) is 18.0. The minimum absolute atomic E-state index is 0.0722. The van der Waals surface area contributed by atoms with Crippen molar-refractivity contribution in [3.63, 3.8) is 0 Å². The molecule has 0 aromatic heterocycles. The molecule has 1 saturated heterocycles. The summed E-state index contributed by atoms with van der Waals surface area (Å²) >= 11 is 0. The van der Waals surface area contributed by atoms with Crippen LogP contribution in [0.4, 0.5) is 34.1 Å². The quantitative estimate of drug-likeness (QED) is 0.0697. The molecule has 6 rings (SSSR count). The Morgan fingerprint density at radius 2 is 1.02 bits per heavy atom. The molecule has 1 fully saturated rings. The normalized spacial score (nSPS) is 13.4. The minimum Gasteiger partial charge on any atom is -0.388 e. The van der Waals surface area contributed by atoms with E-state index in [2.05, 4.69) is 35.2 Å². The summed E-state index contributed by atoms with van der Waals surface area (Å²) in [5, 5.41) is 20.1. The largest absolute Gasteiger partial charge is 0.388 e. The van der Waals surface area contributed by atoms with E-state index in [4.69, 9.17) is 4.84 Å². The smallest absolute Gasteiger partial charge is 0.363 e. The average Bonchev–Trinajstić information content (AvgIpc) is 3.56. The lowest BCUT2D eigenvalue weighted by atomic mass is 10.1. The minimum atomic E-state index is -4.10. The lowest BCUT2D eigenvalue weighted by Gasteiger charge is -2.15. The topological polar surface area (TPSA) is 221 Å². The summed E-state index contributed by atoms with van der Waals surface area (Å²) in [5.74, 6) is -2.47. The highest BCUT2D eigenvalue weighted by atomic mass is 32.2. The van der Waals surface area contributed by atoms with E-state index in [-0.39, 0.29) is 52.4 Å². The van der Waals surface area contributed by atoms with Crippen molar-refractivity contribution in [2.45, 2.75) is 35.7 Å². The van der Waals surface area contributed by atoms with Gasteiger partial charge in [0.2, 0.25) is 20.0 Å². The van der Waals surface area contributed by atoms with Crippen LogP contribution < -0.4 is 19.7 Å². The van der Waals surface area contributed by atoms with E-state index in [1.54, 1.807) is 19.2 Å². The third-order valence-electron chi connectivity index (χ3n) is 8.78. The molecule has 0 radical (unpaired) electrons. The van der Waals surface area contributed by atoms with Crippen LogP contribution in [0.3, 0.4) is 0 Å². The third-order valence-corrected chi connectivity index (χ3v) is 11.6. The Labute approximate surface area is 340 Å². The van der Waals surface area contributed by atoms with Gasteiger partial charge in [0.15, 0.2) is 0 Å². The van der Waals surface area contributed by atoms with Gasteiger partial charge in [-0.3, -0.25) is 9.59 Å². The standard InChI is InChI=1S/C40H39N9O8S2/c1-41-30-4-6-31(7-5-30)44-46-33-10-16-36(17-11-33)58(53,54)42-25-27-22-28(24-29(23-27)40(52)57-49-38(50)20-21-39(49)51)26-43-59(55,56)37-18-12-34(13-19-37)47-45-32-8-14-35(15-9-32)48(2)3/h4-19,22-24,41-43H,20-21,25-26H2,1-3H3/b46-44+,47-45+. The summed E-state index contributed by atoms with van der Waals surface area (Å²) < 4.78 is 58.2. The maximum Gasteiger partial charge on any atom is 0.363 e. The van der Waals surface area contributed by atoms with Gasteiger partial charge in [0, 0.05) is 58.4 Å². The monoisotopic (exact) mass is 837 g/mol. The Bertz CT molecular complexity index is 2600. The molecule has 0 unspecified atom stereocenters. The number of hydroxylamine groups is 2. The predicted octanol–water partition coefficient (Wildman–Crippen LogP) is 6.80. The molecule has 19 heteroatoms. The Morgan fingerprint density at radius 1 is 0.627 bits per heavy atom. The highest BCUT2D eigenvalue weighted by Gasteiger charge is 2.33.